The molecule has 0 amide bonds. The summed E-state index contributed by atoms with van der Waals surface area (Å²) in [6.07, 6.45) is 1.70. The third-order valence-electron chi connectivity index (χ3n) is 3.30. The monoisotopic (exact) mass is 227 g/mol. The zero-order valence-electron chi connectivity index (χ0n) is 9.58. The van der Waals surface area contributed by atoms with E-state index in [0.29, 0.717) is 5.56 Å². The Bertz CT molecular complexity index is 658. The lowest BCUT2D eigenvalue weighted by molar-refractivity contribution is 0.873. The summed E-state index contributed by atoms with van der Waals surface area (Å²) in [5, 5.41) is 0. The maximum Gasteiger partial charge on any atom is 0.260 e. The molecule has 0 saturated carbocycles. The van der Waals surface area contributed by atoms with Crippen molar-refractivity contribution in [1.82, 2.24) is 9.97 Å². The van der Waals surface area contributed by atoms with Crippen LogP contribution in [0.3, 0.4) is 0 Å². The quantitative estimate of drug-likeness (QED) is 0.715. The first kappa shape index (κ1) is 10.1. The fourth-order valence-electron chi connectivity index (χ4n) is 2.51. The van der Waals surface area contributed by atoms with Gasteiger partial charge in [-0.25, -0.2) is 4.98 Å². The van der Waals surface area contributed by atoms with E-state index in [-0.39, 0.29) is 11.5 Å². The first-order chi connectivity index (χ1) is 8.16. The lowest BCUT2D eigenvalue weighted by Gasteiger charge is -2.19. The van der Waals surface area contributed by atoms with Crippen LogP contribution < -0.4 is 11.3 Å². The molecule has 2 aromatic rings. The molecule has 0 bridgehead atoms. The molecule has 0 unspecified atom stereocenters. The third kappa shape index (κ3) is 1.45. The molecule has 1 aromatic heterocycles. The summed E-state index contributed by atoms with van der Waals surface area (Å²) < 4.78 is 0. The number of anilines is 1. The van der Waals surface area contributed by atoms with Crippen molar-refractivity contribution in [1.29, 1.82) is 0 Å². The molecule has 1 aliphatic rings. The summed E-state index contributed by atoms with van der Waals surface area (Å²) in [6, 6.07) is 6.02. The van der Waals surface area contributed by atoms with E-state index in [1.165, 1.54) is 11.1 Å². The minimum absolute atomic E-state index is 0.140. The lowest BCUT2D eigenvalue weighted by atomic mass is 9.87. The molecule has 86 valence electrons. The zero-order valence-corrected chi connectivity index (χ0v) is 9.58. The number of aromatic nitrogens is 2. The van der Waals surface area contributed by atoms with E-state index >= 15 is 0 Å². The molecule has 17 heavy (non-hydrogen) atoms. The highest BCUT2D eigenvalue weighted by Gasteiger charge is 2.21. The van der Waals surface area contributed by atoms with Crippen LogP contribution in [0.5, 0.6) is 0 Å². The van der Waals surface area contributed by atoms with Gasteiger partial charge in [-0.2, -0.15) is 0 Å². The minimum atomic E-state index is -0.140. The Morgan fingerprint density at radius 1 is 1.35 bits per heavy atom. The largest absolute Gasteiger partial charge is 0.369 e. The SMILES string of the molecule is Cc1cccc2c1CCc1nc(N)[nH]c(=O)c1-2. The van der Waals surface area contributed by atoms with Gasteiger partial charge < -0.3 is 5.73 Å². The predicted octanol–water partition coefficient (Wildman–Crippen LogP) is 1.43. The number of nitrogen functional groups attached to an aromatic ring is 1. The fraction of sp³-hybridized carbons (Fsp3) is 0.231. The van der Waals surface area contributed by atoms with Gasteiger partial charge >= 0.3 is 0 Å². The van der Waals surface area contributed by atoms with Crippen molar-refractivity contribution >= 4 is 5.95 Å². The van der Waals surface area contributed by atoms with Crippen molar-refractivity contribution in [2.75, 3.05) is 5.73 Å². The van der Waals surface area contributed by atoms with E-state index in [1.807, 2.05) is 12.1 Å². The minimum Gasteiger partial charge on any atom is -0.369 e. The Balaban J connectivity index is 2.37. The van der Waals surface area contributed by atoms with Crippen LogP contribution in [0.1, 0.15) is 16.8 Å². The molecule has 1 aliphatic carbocycles. The molecule has 3 rings (SSSR count). The van der Waals surface area contributed by atoms with Gasteiger partial charge in [0.2, 0.25) is 5.95 Å². The summed E-state index contributed by atoms with van der Waals surface area (Å²) in [6.45, 7) is 2.07. The molecule has 4 nitrogen and oxygen atoms in total. The van der Waals surface area contributed by atoms with Gasteiger partial charge in [0.25, 0.3) is 5.56 Å². The lowest BCUT2D eigenvalue weighted by Crippen LogP contribution is -2.21. The van der Waals surface area contributed by atoms with Crippen molar-refractivity contribution < 1.29 is 0 Å². The van der Waals surface area contributed by atoms with Gasteiger partial charge in [0, 0.05) is 0 Å². The average molecular weight is 227 g/mol. The second-order valence-electron chi connectivity index (χ2n) is 4.37. The van der Waals surface area contributed by atoms with Gasteiger partial charge in [0.1, 0.15) is 0 Å². The van der Waals surface area contributed by atoms with Crippen LogP contribution >= 0.6 is 0 Å². The van der Waals surface area contributed by atoms with Crippen LogP contribution in [-0.4, -0.2) is 9.97 Å². The smallest absolute Gasteiger partial charge is 0.260 e. The maximum absolute atomic E-state index is 12.0. The van der Waals surface area contributed by atoms with Gasteiger partial charge in [0.15, 0.2) is 0 Å². The molecule has 0 aliphatic heterocycles. The number of nitrogens with two attached hydrogens (primary N) is 1. The second kappa shape index (κ2) is 3.45. The summed E-state index contributed by atoms with van der Waals surface area (Å²) in [5.74, 6) is 0.199. The Hall–Kier alpha value is -2.10. The highest BCUT2D eigenvalue weighted by atomic mass is 16.1. The number of H-pyrrole nitrogens is 1. The van der Waals surface area contributed by atoms with Crippen molar-refractivity contribution in [2.24, 2.45) is 0 Å². The molecular formula is C13H13N3O. The number of nitrogens with one attached hydrogen (secondary N) is 1. The second-order valence-corrected chi connectivity index (χ2v) is 4.37. The number of fused-ring (bicyclic) bond motifs is 3. The van der Waals surface area contributed by atoms with E-state index in [2.05, 4.69) is 23.0 Å². The van der Waals surface area contributed by atoms with Crippen molar-refractivity contribution in [3.63, 3.8) is 0 Å². The van der Waals surface area contributed by atoms with Crippen LogP contribution in [0.4, 0.5) is 5.95 Å². The Kier molecular flexibility index (Phi) is 2.04. The first-order valence-electron chi connectivity index (χ1n) is 5.64. The molecule has 0 atom stereocenters. The van der Waals surface area contributed by atoms with Crippen LogP contribution in [0.15, 0.2) is 23.0 Å². The number of hydrogen-bond donors (Lipinski definition) is 2. The van der Waals surface area contributed by atoms with Gasteiger partial charge in [0.05, 0.1) is 11.3 Å². The molecule has 1 aromatic carbocycles. The molecule has 4 heteroatoms. The topological polar surface area (TPSA) is 71.8 Å². The summed E-state index contributed by atoms with van der Waals surface area (Å²) in [7, 11) is 0. The van der Waals surface area contributed by atoms with Crippen LogP contribution in [0, 0.1) is 6.92 Å². The fourth-order valence-corrected chi connectivity index (χ4v) is 2.51. The van der Waals surface area contributed by atoms with Gasteiger partial charge in [-0.3, -0.25) is 9.78 Å². The first-order valence-corrected chi connectivity index (χ1v) is 5.64. The highest BCUT2D eigenvalue weighted by molar-refractivity contribution is 5.72. The molecule has 0 saturated heterocycles. The Morgan fingerprint density at radius 3 is 3.00 bits per heavy atom. The number of aromatic amines is 1. The number of aryl methyl sites for hydroxylation is 2. The van der Waals surface area contributed by atoms with Gasteiger partial charge in [-0.05, 0) is 36.5 Å². The molecule has 0 fully saturated rings. The van der Waals surface area contributed by atoms with E-state index in [9.17, 15) is 4.79 Å². The van der Waals surface area contributed by atoms with Crippen molar-refractivity contribution in [2.45, 2.75) is 19.8 Å². The highest BCUT2D eigenvalue weighted by Crippen LogP contribution is 2.31. The molecular weight excluding hydrogens is 214 g/mol. The maximum atomic E-state index is 12.0. The van der Waals surface area contributed by atoms with E-state index in [0.717, 1.165) is 24.1 Å². The number of hydrogen-bond acceptors (Lipinski definition) is 3. The van der Waals surface area contributed by atoms with Crippen LogP contribution in [0.25, 0.3) is 11.1 Å². The van der Waals surface area contributed by atoms with Crippen molar-refractivity contribution in [3.05, 3.63) is 45.4 Å². The standard InChI is InChI=1S/C13H13N3O/c1-7-3-2-4-9-8(7)5-6-10-11(9)12(17)16-13(14)15-10/h2-4H,5-6H2,1H3,(H3,14,15,16,17). The molecule has 3 N–H and O–H groups in total. The Labute approximate surface area is 98.5 Å². The molecule has 0 spiro atoms. The van der Waals surface area contributed by atoms with E-state index < -0.39 is 0 Å². The third-order valence-corrected chi connectivity index (χ3v) is 3.30. The van der Waals surface area contributed by atoms with Gasteiger partial charge in [-0.15, -0.1) is 0 Å². The molecule has 1 heterocycles. The normalized spacial score (nSPS) is 13.0. The van der Waals surface area contributed by atoms with E-state index in [4.69, 9.17) is 5.73 Å². The van der Waals surface area contributed by atoms with Crippen molar-refractivity contribution in [3.8, 4) is 11.1 Å². The summed E-state index contributed by atoms with van der Waals surface area (Å²) >= 11 is 0. The van der Waals surface area contributed by atoms with Crippen LogP contribution in [0.2, 0.25) is 0 Å². The number of nitrogens with zero attached hydrogens (tertiary/aromatic N) is 1. The summed E-state index contributed by atoms with van der Waals surface area (Å²) in [5.41, 5.74) is 10.4. The predicted molar refractivity (Wildman–Crippen MR) is 66.9 cm³/mol. The number of benzene rings is 1. The van der Waals surface area contributed by atoms with Gasteiger partial charge in [-0.1, -0.05) is 18.2 Å². The summed E-state index contributed by atoms with van der Waals surface area (Å²) in [4.78, 5) is 18.8. The Morgan fingerprint density at radius 2 is 2.18 bits per heavy atom. The van der Waals surface area contributed by atoms with Crippen LogP contribution in [-0.2, 0) is 12.8 Å². The van der Waals surface area contributed by atoms with E-state index in [1.54, 1.807) is 0 Å². The molecule has 0 radical (unpaired) electrons. The number of rotatable bonds is 0. The zero-order chi connectivity index (χ0) is 12.0. The average Bonchev–Trinajstić information content (AvgIpc) is 2.28.